The molecule has 1 fully saturated rings. The first-order valence-corrected chi connectivity index (χ1v) is 9.08. The highest BCUT2D eigenvalue weighted by molar-refractivity contribution is 7.84. The highest BCUT2D eigenvalue weighted by Crippen LogP contribution is 2.38. The summed E-state index contributed by atoms with van der Waals surface area (Å²) in [5, 5.41) is 6.64. The van der Waals surface area contributed by atoms with Gasteiger partial charge < -0.3 is 10.6 Å². The minimum Gasteiger partial charge on any atom is -0.370 e. The Morgan fingerprint density at radius 3 is 2.45 bits per heavy atom. The number of rotatable bonds is 9. The number of hydrogen-bond acceptors (Lipinski definition) is 5. The van der Waals surface area contributed by atoms with E-state index >= 15 is 0 Å². The van der Waals surface area contributed by atoms with Gasteiger partial charge in [0.15, 0.2) is 0 Å². The fourth-order valence-corrected chi connectivity index (χ4v) is 2.47. The summed E-state index contributed by atoms with van der Waals surface area (Å²) < 4.78 is 11.0. The fraction of sp³-hybridized carbons (Fsp3) is 0.714. The Morgan fingerprint density at radius 1 is 1.25 bits per heavy atom. The Labute approximate surface area is 123 Å². The van der Waals surface area contributed by atoms with E-state index in [9.17, 15) is 4.21 Å². The third kappa shape index (κ3) is 5.07. The Hall–Kier alpha value is -1.17. The van der Waals surface area contributed by atoms with Crippen molar-refractivity contribution in [3.63, 3.8) is 0 Å². The molecule has 1 aliphatic carbocycles. The molecule has 1 saturated carbocycles. The molecule has 1 aromatic heterocycles. The Morgan fingerprint density at radius 2 is 1.90 bits per heavy atom. The van der Waals surface area contributed by atoms with Gasteiger partial charge in [0.1, 0.15) is 17.5 Å². The molecular formula is C14H24N4OS. The lowest BCUT2D eigenvalue weighted by atomic mass is 10.3. The summed E-state index contributed by atoms with van der Waals surface area (Å²) in [6.45, 7) is 3.86. The lowest BCUT2D eigenvalue weighted by Gasteiger charge is -2.10. The predicted octanol–water partition coefficient (Wildman–Crippen LogP) is 2.36. The average Bonchev–Trinajstić information content (AvgIpc) is 3.25. The van der Waals surface area contributed by atoms with Crippen LogP contribution in [0.15, 0.2) is 6.07 Å². The lowest BCUT2D eigenvalue weighted by molar-refractivity contribution is 0.685. The molecule has 1 aliphatic rings. The number of aromatic nitrogens is 2. The second-order valence-electron chi connectivity index (χ2n) is 5.26. The van der Waals surface area contributed by atoms with Gasteiger partial charge in [0.05, 0.1) is 0 Å². The summed E-state index contributed by atoms with van der Waals surface area (Å²) in [6.07, 6.45) is 6.11. The first kappa shape index (κ1) is 15.2. The van der Waals surface area contributed by atoms with Crippen LogP contribution in [0.1, 0.15) is 44.3 Å². The van der Waals surface area contributed by atoms with Gasteiger partial charge in [-0.15, -0.1) is 0 Å². The van der Waals surface area contributed by atoms with E-state index in [1.165, 1.54) is 12.8 Å². The van der Waals surface area contributed by atoms with Crippen LogP contribution in [0.4, 0.5) is 11.6 Å². The van der Waals surface area contributed by atoms with Gasteiger partial charge in [0.2, 0.25) is 0 Å². The van der Waals surface area contributed by atoms with Crippen LogP contribution in [0, 0.1) is 0 Å². The molecule has 2 rings (SSSR count). The van der Waals surface area contributed by atoms with Gasteiger partial charge in [-0.1, -0.05) is 6.92 Å². The van der Waals surface area contributed by atoms with Gasteiger partial charge in [-0.05, 0) is 25.7 Å². The molecule has 0 saturated heterocycles. The maximum absolute atomic E-state index is 11.0. The number of nitrogens with zero attached hydrogens (tertiary/aromatic N) is 2. The second-order valence-corrected chi connectivity index (χ2v) is 6.81. The molecule has 0 bridgehead atoms. The van der Waals surface area contributed by atoms with Crippen molar-refractivity contribution in [2.24, 2.45) is 0 Å². The zero-order chi connectivity index (χ0) is 14.4. The lowest BCUT2D eigenvalue weighted by Crippen LogP contribution is -2.10. The predicted molar refractivity (Wildman–Crippen MR) is 84.8 cm³/mol. The van der Waals surface area contributed by atoms with Gasteiger partial charge in [-0.25, -0.2) is 9.97 Å². The molecule has 0 spiro atoms. The monoisotopic (exact) mass is 296 g/mol. The maximum Gasteiger partial charge on any atom is 0.136 e. The van der Waals surface area contributed by atoms with Crippen molar-refractivity contribution in [1.29, 1.82) is 0 Å². The highest BCUT2D eigenvalue weighted by Gasteiger charge is 2.27. The van der Waals surface area contributed by atoms with E-state index in [-0.39, 0.29) is 0 Å². The minimum absolute atomic E-state index is 0.544. The third-order valence-corrected chi connectivity index (χ3v) is 4.02. The SMILES string of the molecule is CCCNc1cc(NCCCS(C)=O)nc(C2CC2)n1. The van der Waals surface area contributed by atoms with Gasteiger partial charge in [-0.3, -0.25) is 4.21 Å². The van der Waals surface area contributed by atoms with Gasteiger partial charge >= 0.3 is 0 Å². The fourth-order valence-electron chi connectivity index (χ4n) is 1.92. The highest BCUT2D eigenvalue weighted by atomic mass is 32.2. The van der Waals surface area contributed by atoms with Crippen molar-refractivity contribution in [2.75, 3.05) is 35.7 Å². The van der Waals surface area contributed by atoms with Crippen LogP contribution in [0.25, 0.3) is 0 Å². The summed E-state index contributed by atoms with van der Waals surface area (Å²) in [5.41, 5.74) is 0. The normalized spacial score (nSPS) is 15.9. The van der Waals surface area contributed by atoms with E-state index in [1.54, 1.807) is 6.26 Å². The van der Waals surface area contributed by atoms with E-state index < -0.39 is 10.8 Å². The molecule has 0 aromatic carbocycles. The molecule has 5 nitrogen and oxygen atoms in total. The van der Waals surface area contributed by atoms with Crippen molar-refractivity contribution in [3.05, 3.63) is 11.9 Å². The van der Waals surface area contributed by atoms with Crippen molar-refractivity contribution in [1.82, 2.24) is 9.97 Å². The maximum atomic E-state index is 11.0. The van der Waals surface area contributed by atoms with E-state index in [2.05, 4.69) is 27.5 Å². The van der Waals surface area contributed by atoms with Crippen LogP contribution in [0.2, 0.25) is 0 Å². The zero-order valence-corrected chi connectivity index (χ0v) is 13.1. The van der Waals surface area contributed by atoms with E-state index in [0.717, 1.165) is 49.1 Å². The minimum atomic E-state index is -0.719. The van der Waals surface area contributed by atoms with Crippen LogP contribution in [0.3, 0.4) is 0 Å². The zero-order valence-electron chi connectivity index (χ0n) is 12.3. The molecule has 1 heterocycles. The van der Waals surface area contributed by atoms with Crippen LogP contribution in [0.5, 0.6) is 0 Å². The van der Waals surface area contributed by atoms with Crippen molar-refractivity contribution >= 4 is 22.4 Å². The Bertz CT molecular complexity index is 462. The van der Waals surface area contributed by atoms with Crippen LogP contribution in [-0.4, -0.2) is 39.3 Å². The van der Waals surface area contributed by atoms with Crippen LogP contribution in [-0.2, 0) is 10.8 Å². The molecule has 112 valence electrons. The molecular weight excluding hydrogens is 272 g/mol. The molecule has 1 atom stereocenters. The molecule has 0 aliphatic heterocycles. The summed E-state index contributed by atoms with van der Waals surface area (Å²) in [4.78, 5) is 9.16. The van der Waals surface area contributed by atoms with E-state index in [0.29, 0.717) is 5.92 Å². The molecule has 1 aromatic rings. The molecule has 1 unspecified atom stereocenters. The number of nitrogens with one attached hydrogen (secondary N) is 2. The van der Waals surface area contributed by atoms with Gasteiger partial charge in [-0.2, -0.15) is 0 Å². The summed E-state index contributed by atoms with van der Waals surface area (Å²) in [5.74, 6) is 4.01. The van der Waals surface area contributed by atoms with Crippen LogP contribution >= 0.6 is 0 Å². The molecule has 0 radical (unpaired) electrons. The summed E-state index contributed by atoms with van der Waals surface area (Å²) >= 11 is 0. The third-order valence-electron chi connectivity index (χ3n) is 3.16. The number of hydrogen-bond donors (Lipinski definition) is 2. The smallest absolute Gasteiger partial charge is 0.136 e. The molecule has 20 heavy (non-hydrogen) atoms. The summed E-state index contributed by atoms with van der Waals surface area (Å²) in [6, 6.07) is 1.96. The summed E-state index contributed by atoms with van der Waals surface area (Å²) in [7, 11) is -0.719. The first-order chi connectivity index (χ1) is 9.69. The topological polar surface area (TPSA) is 66.9 Å². The van der Waals surface area contributed by atoms with E-state index in [4.69, 9.17) is 0 Å². The second kappa shape index (κ2) is 7.57. The molecule has 6 heteroatoms. The van der Waals surface area contributed by atoms with Gasteiger partial charge in [0.25, 0.3) is 0 Å². The quantitative estimate of drug-likeness (QED) is 0.685. The Kier molecular flexibility index (Phi) is 5.76. The van der Waals surface area contributed by atoms with E-state index in [1.807, 2.05) is 6.07 Å². The van der Waals surface area contributed by atoms with Crippen molar-refractivity contribution < 1.29 is 4.21 Å². The molecule has 0 amide bonds. The largest absolute Gasteiger partial charge is 0.370 e. The Balaban J connectivity index is 1.95. The van der Waals surface area contributed by atoms with Crippen LogP contribution < -0.4 is 10.6 Å². The first-order valence-electron chi connectivity index (χ1n) is 7.35. The van der Waals surface area contributed by atoms with Crippen molar-refractivity contribution in [2.45, 2.75) is 38.5 Å². The molecule has 2 N–H and O–H groups in total. The standard InChI is InChI=1S/C14H24N4OS/c1-3-7-15-12-10-13(16-8-4-9-20(2)19)18-14(17-12)11-5-6-11/h10-11H,3-9H2,1-2H3,(H2,15,16,17,18). The van der Waals surface area contributed by atoms with Crippen molar-refractivity contribution in [3.8, 4) is 0 Å². The number of anilines is 2. The van der Waals surface area contributed by atoms with Gasteiger partial charge in [0, 0.05) is 47.9 Å². The average molecular weight is 296 g/mol.